The van der Waals surface area contributed by atoms with Crippen molar-refractivity contribution in [2.75, 3.05) is 13.1 Å². The van der Waals surface area contributed by atoms with Gasteiger partial charge in [-0.3, -0.25) is 14.4 Å². The molecule has 2 N–H and O–H groups in total. The maximum atomic E-state index is 12.3. The molecule has 0 aromatic heterocycles. The Kier molecular flexibility index (Phi) is 5.95. The predicted octanol–water partition coefficient (Wildman–Crippen LogP) is 2.15. The Morgan fingerprint density at radius 1 is 1.08 bits per heavy atom. The highest BCUT2D eigenvalue weighted by molar-refractivity contribution is 5.98. The summed E-state index contributed by atoms with van der Waals surface area (Å²) >= 11 is 0. The van der Waals surface area contributed by atoms with E-state index in [1.54, 1.807) is 29.2 Å². The first-order chi connectivity index (χ1) is 11.5. The Labute approximate surface area is 141 Å². The van der Waals surface area contributed by atoms with Crippen LogP contribution in [0.5, 0.6) is 0 Å². The van der Waals surface area contributed by atoms with Crippen molar-refractivity contribution in [1.82, 2.24) is 10.2 Å². The van der Waals surface area contributed by atoms with Gasteiger partial charge in [0.05, 0.1) is 5.92 Å². The standard InChI is InChI=1S/C18H24N2O4/c1-3-20(4-2)17(22)13-10-8-12(9-11-13)16(21)19-15-7-5-6-14(15)18(23)24/h8-11,14-15H,3-7H2,1-2H3,(H,19,21)(H,23,24)/t14-,15+/m0/s1. The second-order valence-corrected chi connectivity index (χ2v) is 6.01. The first-order valence-corrected chi connectivity index (χ1v) is 8.40. The van der Waals surface area contributed by atoms with Crippen LogP contribution >= 0.6 is 0 Å². The molecule has 2 rings (SSSR count). The largest absolute Gasteiger partial charge is 0.481 e. The average molecular weight is 332 g/mol. The molecule has 0 aliphatic heterocycles. The lowest BCUT2D eigenvalue weighted by Crippen LogP contribution is -2.40. The van der Waals surface area contributed by atoms with Crippen LogP contribution in [-0.2, 0) is 4.79 Å². The number of hydrogen-bond acceptors (Lipinski definition) is 3. The Hall–Kier alpha value is -2.37. The van der Waals surface area contributed by atoms with Gasteiger partial charge in [0.1, 0.15) is 0 Å². The number of carbonyl (C=O) groups excluding carboxylic acids is 2. The second-order valence-electron chi connectivity index (χ2n) is 6.01. The lowest BCUT2D eigenvalue weighted by atomic mass is 10.0. The van der Waals surface area contributed by atoms with Gasteiger partial charge in [-0.05, 0) is 51.0 Å². The van der Waals surface area contributed by atoms with Crippen molar-refractivity contribution in [2.24, 2.45) is 5.92 Å². The van der Waals surface area contributed by atoms with E-state index in [9.17, 15) is 14.4 Å². The van der Waals surface area contributed by atoms with Gasteiger partial charge in [-0.2, -0.15) is 0 Å². The zero-order chi connectivity index (χ0) is 17.7. The molecule has 1 aliphatic rings. The van der Waals surface area contributed by atoms with Gasteiger partial charge in [0.25, 0.3) is 11.8 Å². The van der Waals surface area contributed by atoms with Gasteiger partial charge in [-0.1, -0.05) is 6.42 Å². The summed E-state index contributed by atoms with van der Waals surface area (Å²) in [4.78, 5) is 37.4. The summed E-state index contributed by atoms with van der Waals surface area (Å²) in [7, 11) is 0. The van der Waals surface area contributed by atoms with E-state index in [-0.39, 0.29) is 17.9 Å². The first kappa shape index (κ1) is 18.0. The number of carbonyl (C=O) groups is 3. The van der Waals surface area contributed by atoms with E-state index in [0.717, 1.165) is 6.42 Å². The number of amides is 2. The van der Waals surface area contributed by atoms with Gasteiger partial charge in [0.15, 0.2) is 0 Å². The zero-order valence-corrected chi connectivity index (χ0v) is 14.1. The van der Waals surface area contributed by atoms with Gasteiger partial charge < -0.3 is 15.3 Å². The molecule has 24 heavy (non-hydrogen) atoms. The molecular formula is C18H24N2O4. The number of nitrogens with zero attached hydrogens (tertiary/aromatic N) is 1. The number of carboxylic acid groups (broad SMARTS) is 1. The van der Waals surface area contributed by atoms with Crippen LogP contribution in [0.25, 0.3) is 0 Å². The van der Waals surface area contributed by atoms with Crippen molar-refractivity contribution in [3.05, 3.63) is 35.4 Å². The van der Waals surface area contributed by atoms with Crippen LogP contribution in [0.1, 0.15) is 53.8 Å². The third-order valence-electron chi connectivity index (χ3n) is 4.59. The van der Waals surface area contributed by atoms with Gasteiger partial charge in [-0.25, -0.2) is 0 Å². The first-order valence-electron chi connectivity index (χ1n) is 8.40. The molecule has 1 aliphatic carbocycles. The fraction of sp³-hybridized carbons (Fsp3) is 0.500. The van der Waals surface area contributed by atoms with Crippen molar-refractivity contribution in [3.63, 3.8) is 0 Å². The Balaban J connectivity index is 2.03. The summed E-state index contributed by atoms with van der Waals surface area (Å²) in [5, 5.41) is 12.0. The minimum absolute atomic E-state index is 0.0614. The Bertz CT molecular complexity index is 608. The second kappa shape index (κ2) is 7.95. The van der Waals surface area contributed by atoms with Gasteiger partial charge in [0.2, 0.25) is 0 Å². The van der Waals surface area contributed by atoms with Crippen molar-refractivity contribution in [1.29, 1.82) is 0 Å². The molecule has 1 aromatic carbocycles. The van der Waals surface area contributed by atoms with E-state index in [0.29, 0.717) is 37.1 Å². The fourth-order valence-electron chi connectivity index (χ4n) is 3.14. The van der Waals surface area contributed by atoms with Gasteiger partial charge >= 0.3 is 5.97 Å². The molecule has 0 heterocycles. The maximum absolute atomic E-state index is 12.3. The summed E-state index contributed by atoms with van der Waals surface area (Å²) in [6.45, 7) is 5.11. The SMILES string of the molecule is CCN(CC)C(=O)c1ccc(C(=O)N[C@@H]2CCC[C@@H]2C(=O)O)cc1. The highest BCUT2D eigenvalue weighted by Gasteiger charge is 2.34. The molecule has 2 amide bonds. The molecular weight excluding hydrogens is 308 g/mol. The topological polar surface area (TPSA) is 86.7 Å². The van der Waals surface area contributed by atoms with Crippen LogP contribution in [0.3, 0.4) is 0 Å². The quantitative estimate of drug-likeness (QED) is 0.836. The maximum Gasteiger partial charge on any atom is 0.308 e. The molecule has 0 unspecified atom stereocenters. The van der Waals surface area contributed by atoms with Crippen LogP contribution in [0.4, 0.5) is 0 Å². The third-order valence-corrected chi connectivity index (χ3v) is 4.59. The molecule has 1 saturated carbocycles. The number of hydrogen-bond donors (Lipinski definition) is 2. The van der Waals surface area contributed by atoms with Crippen molar-refractivity contribution in [3.8, 4) is 0 Å². The van der Waals surface area contributed by atoms with E-state index in [1.807, 2.05) is 13.8 Å². The van der Waals surface area contributed by atoms with Crippen LogP contribution in [-0.4, -0.2) is 46.9 Å². The predicted molar refractivity (Wildman–Crippen MR) is 89.9 cm³/mol. The molecule has 0 radical (unpaired) electrons. The molecule has 6 heteroatoms. The van der Waals surface area contributed by atoms with E-state index in [4.69, 9.17) is 5.11 Å². The highest BCUT2D eigenvalue weighted by Crippen LogP contribution is 2.26. The fourth-order valence-corrected chi connectivity index (χ4v) is 3.14. The molecule has 130 valence electrons. The number of rotatable bonds is 6. The lowest BCUT2D eigenvalue weighted by Gasteiger charge is -2.19. The Morgan fingerprint density at radius 2 is 1.67 bits per heavy atom. The minimum atomic E-state index is -0.863. The molecule has 0 saturated heterocycles. The van der Waals surface area contributed by atoms with Gasteiger partial charge in [-0.15, -0.1) is 0 Å². The number of carboxylic acids is 1. The third kappa shape index (κ3) is 3.93. The van der Waals surface area contributed by atoms with E-state index < -0.39 is 11.9 Å². The summed E-state index contributed by atoms with van der Waals surface area (Å²) in [5.41, 5.74) is 0.974. The monoisotopic (exact) mass is 332 g/mol. The molecule has 1 aromatic rings. The summed E-state index contributed by atoms with van der Waals surface area (Å²) in [5.74, 6) is -1.74. The molecule has 0 bridgehead atoms. The smallest absolute Gasteiger partial charge is 0.308 e. The zero-order valence-electron chi connectivity index (χ0n) is 14.1. The van der Waals surface area contributed by atoms with Crippen LogP contribution in [0, 0.1) is 5.92 Å². The van der Waals surface area contributed by atoms with Crippen molar-refractivity contribution < 1.29 is 19.5 Å². The van der Waals surface area contributed by atoms with Crippen LogP contribution in [0.15, 0.2) is 24.3 Å². The average Bonchev–Trinajstić information content (AvgIpc) is 3.04. The summed E-state index contributed by atoms with van der Waals surface area (Å²) in [6, 6.07) is 6.16. The van der Waals surface area contributed by atoms with Crippen LogP contribution in [0.2, 0.25) is 0 Å². The molecule has 6 nitrogen and oxygen atoms in total. The summed E-state index contributed by atoms with van der Waals surface area (Å²) < 4.78 is 0. The highest BCUT2D eigenvalue weighted by atomic mass is 16.4. The molecule has 0 spiro atoms. The van der Waals surface area contributed by atoms with E-state index >= 15 is 0 Å². The van der Waals surface area contributed by atoms with Gasteiger partial charge in [0, 0.05) is 30.3 Å². The van der Waals surface area contributed by atoms with Crippen molar-refractivity contribution >= 4 is 17.8 Å². The van der Waals surface area contributed by atoms with Crippen molar-refractivity contribution in [2.45, 2.75) is 39.2 Å². The summed E-state index contributed by atoms with van der Waals surface area (Å²) in [6.07, 6.45) is 2.08. The van der Waals surface area contributed by atoms with Crippen LogP contribution < -0.4 is 5.32 Å². The number of nitrogens with one attached hydrogen (secondary N) is 1. The normalized spacial score (nSPS) is 19.8. The molecule has 1 fully saturated rings. The number of aliphatic carboxylic acids is 1. The minimum Gasteiger partial charge on any atom is -0.481 e. The van der Waals surface area contributed by atoms with E-state index in [2.05, 4.69) is 5.32 Å². The number of benzene rings is 1. The lowest BCUT2D eigenvalue weighted by molar-refractivity contribution is -0.142. The molecule has 2 atom stereocenters. The van der Waals surface area contributed by atoms with E-state index in [1.165, 1.54) is 0 Å². The Morgan fingerprint density at radius 3 is 2.21 bits per heavy atom.